The molecule has 0 radical (unpaired) electrons. The van der Waals surface area contributed by atoms with E-state index in [0.29, 0.717) is 12.2 Å². The lowest BCUT2D eigenvalue weighted by molar-refractivity contribution is 0.933. The number of hydrogen-bond donors (Lipinski definition) is 0. The summed E-state index contributed by atoms with van der Waals surface area (Å²) >= 11 is 5.48. The number of allylic oxidation sites excluding steroid dienone is 1. The molecule has 0 spiro atoms. The van der Waals surface area contributed by atoms with Crippen LogP contribution in [0.3, 0.4) is 0 Å². The Morgan fingerprint density at radius 3 is 3.00 bits per heavy atom. The summed E-state index contributed by atoms with van der Waals surface area (Å²) in [4.78, 5) is 11.3. The van der Waals surface area contributed by atoms with Crippen LogP contribution < -0.4 is 0 Å². The third kappa shape index (κ3) is 1.77. The minimum atomic E-state index is 0.229. The van der Waals surface area contributed by atoms with Crippen LogP contribution in [0.15, 0.2) is 19.0 Å². The fourth-order valence-electron chi connectivity index (χ4n) is 0.535. The highest BCUT2D eigenvalue weighted by Gasteiger charge is 1.93. The summed E-state index contributed by atoms with van der Waals surface area (Å²) in [6.45, 7) is 3.54. The first-order chi connectivity index (χ1) is 4.83. The van der Waals surface area contributed by atoms with Crippen molar-refractivity contribution in [3.63, 3.8) is 0 Å². The topological polar surface area (TPSA) is 38.7 Å². The maximum Gasteiger partial charge on any atom is 0.225 e. The van der Waals surface area contributed by atoms with Gasteiger partial charge in [0.05, 0.1) is 0 Å². The molecule has 0 aliphatic heterocycles. The molecule has 1 heterocycles. The lowest BCUT2D eigenvalue weighted by atomic mass is 10.4. The van der Waals surface area contributed by atoms with Gasteiger partial charge in [0.15, 0.2) is 0 Å². The van der Waals surface area contributed by atoms with Crippen molar-refractivity contribution in [1.82, 2.24) is 15.0 Å². The molecule has 0 aliphatic rings. The second kappa shape index (κ2) is 3.27. The lowest BCUT2D eigenvalue weighted by Gasteiger charge is -1.91. The third-order valence-corrected chi connectivity index (χ3v) is 1.10. The Hall–Kier alpha value is -0.960. The highest BCUT2D eigenvalue weighted by atomic mass is 35.5. The molecule has 1 aromatic rings. The van der Waals surface area contributed by atoms with Gasteiger partial charge in [0, 0.05) is 6.42 Å². The average Bonchev–Trinajstić information content (AvgIpc) is 1.88. The van der Waals surface area contributed by atoms with Gasteiger partial charge >= 0.3 is 0 Å². The molecule has 0 unspecified atom stereocenters. The zero-order valence-electron chi connectivity index (χ0n) is 5.29. The monoisotopic (exact) mass is 155 g/mol. The summed E-state index contributed by atoms with van der Waals surface area (Å²) in [5, 5.41) is 0.229. The van der Waals surface area contributed by atoms with E-state index in [2.05, 4.69) is 21.5 Å². The van der Waals surface area contributed by atoms with Gasteiger partial charge in [0.2, 0.25) is 5.28 Å². The molecule has 0 atom stereocenters. The van der Waals surface area contributed by atoms with E-state index < -0.39 is 0 Å². The van der Waals surface area contributed by atoms with Gasteiger partial charge in [-0.05, 0) is 11.6 Å². The van der Waals surface area contributed by atoms with E-state index in [1.54, 1.807) is 6.08 Å². The number of nitrogens with zero attached hydrogens (tertiary/aromatic N) is 3. The predicted octanol–water partition coefficient (Wildman–Crippen LogP) is 1.25. The fraction of sp³-hybridized carbons (Fsp3) is 0.167. The number of aromatic nitrogens is 3. The van der Waals surface area contributed by atoms with Crippen molar-refractivity contribution in [1.29, 1.82) is 0 Å². The molecule has 1 rings (SSSR count). The minimum absolute atomic E-state index is 0.229. The van der Waals surface area contributed by atoms with E-state index in [9.17, 15) is 0 Å². The number of halogens is 1. The van der Waals surface area contributed by atoms with Crippen LogP contribution in [-0.4, -0.2) is 15.0 Å². The van der Waals surface area contributed by atoms with Gasteiger partial charge < -0.3 is 0 Å². The summed E-state index contributed by atoms with van der Waals surface area (Å²) in [6.07, 6.45) is 3.72. The lowest BCUT2D eigenvalue weighted by Crippen LogP contribution is -1.93. The van der Waals surface area contributed by atoms with Crippen LogP contribution in [0.1, 0.15) is 5.82 Å². The molecule has 0 aliphatic carbocycles. The van der Waals surface area contributed by atoms with Crippen LogP contribution in [0, 0.1) is 0 Å². The van der Waals surface area contributed by atoms with E-state index >= 15 is 0 Å². The Balaban J connectivity index is 2.84. The molecule has 3 nitrogen and oxygen atoms in total. The SMILES string of the molecule is C=CCc1ncnc(Cl)n1. The quantitative estimate of drug-likeness (QED) is 0.604. The van der Waals surface area contributed by atoms with Crippen LogP contribution in [-0.2, 0) is 6.42 Å². The molecule has 1 aromatic heterocycles. The summed E-state index contributed by atoms with van der Waals surface area (Å²) in [7, 11) is 0. The molecule has 0 amide bonds. The minimum Gasteiger partial charge on any atom is -0.221 e. The molecule has 0 bridgehead atoms. The van der Waals surface area contributed by atoms with E-state index in [1.165, 1.54) is 6.33 Å². The summed E-state index contributed by atoms with van der Waals surface area (Å²) in [5.74, 6) is 0.648. The standard InChI is InChI=1S/C6H6ClN3/c1-2-3-5-8-4-9-6(7)10-5/h2,4H,1,3H2. The first-order valence-electron chi connectivity index (χ1n) is 2.77. The highest BCUT2D eigenvalue weighted by Crippen LogP contribution is 1.97. The molecule has 4 heteroatoms. The van der Waals surface area contributed by atoms with Crippen LogP contribution in [0.25, 0.3) is 0 Å². The van der Waals surface area contributed by atoms with Crippen molar-refractivity contribution < 1.29 is 0 Å². The molecule has 10 heavy (non-hydrogen) atoms. The van der Waals surface area contributed by atoms with E-state index in [4.69, 9.17) is 11.6 Å². The Morgan fingerprint density at radius 1 is 1.60 bits per heavy atom. The van der Waals surface area contributed by atoms with Crippen molar-refractivity contribution in [2.75, 3.05) is 0 Å². The Morgan fingerprint density at radius 2 is 2.40 bits per heavy atom. The molecule has 52 valence electrons. The van der Waals surface area contributed by atoms with Crippen molar-refractivity contribution in [3.8, 4) is 0 Å². The molecule has 0 aromatic carbocycles. The van der Waals surface area contributed by atoms with E-state index in [0.717, 1.165) is 0 Å². The predicted molar refractivity (Wildman–Crippen MR) is 38.7 cm³/mol. The Kier molecular flexibility index (Phi) is 2.34. The Bertz CT molecular complexity index is 236. The molecular weight excluding hydrogens is 150 g/mol. The van der Waals surface area contributed by atoms with Crippen molar-refractivity contribution >= 4 is 11.6 Å². The maximum atomic E-state index is 5.48. The highest BCUT2D eigenvalue weighted by molar-refractivity contribution is 6.28. The van der Waals surface area contributed by atoms with Crippen molar-refractivity contribution in [3.05, 3.63) is 30.1 Å². The maximum absolute atomic E-state index is 5.48. The van der Waals surface area contributed by atoms with Crippen LogP contribution >= 0.6 is 11.6 Å². The normalized spacial score (nSPS) is 9.30. The molecule has 0 fully saturated rings. The number of rotatable bonds is 2. The van der Waals surface area contributed by atoms with Gasteiger partial charge in [-0.1, -0.05) is 6.08 Å². The molecule has 0 N–H and O–H groups in total. The van der Waals surface area contributed by atoms with Crippen LogP contribution in [0.2, 0.25) is 5.28 Å². The molecular formula is C6H6ClN3. The first kappa shape index (κ1) is 7.15. The van der Waals surface area contributed by atoms with E-state index in [1.807, 2.05) is 0 Å². The summed E-state index contributed by atoms with van der Waals surface area (Å²) in [5.41, 5.74) is 0. The smallest absolute Gasteiger partial charge is 0.221 e. The van der Waals surface area contributed by atoms with Gasteiger partial charge in [-0.15, -0.1) is 6.58 Å². The molecule has 0 saturated carbocycles. The molecule has 0 saturated heterocycles. The van der Waals surface area contributed by atoms with E-state index in [-0.39, 0.29) is 5.28 Å². The van der Waals surface area contributed by atoms with Gasteiger partial charge in [0.25, 0.3) is 0 Å². The zero-order chi connectivity index (χ0) is 7.40. The van der Waals surface area contributed by atoms with Crippen LogP contribution in [0.4, 0.5) is 0 Å². The second-order valence-electron chi connectivity index (χ2n) is 1.66. The number of hydrogen-bond acceptors (Lipinski definition) is 3. The fourth-order valence-corrected chi connectivity index (χ4v) is 0.676. The van der Waals surface area contributed by atoms with Crippen LogP contribution in [0.5, 0.6) is 0 Å². The van der Waals surface area contributed by atoms with Crippen molar-refractivity contribution in [2.24, 2.45) is 0 Å². The Labute approximate surface area is 63.8 Å². The third-order valence-electron chi connectivity index (χ3n) is 0.919. The summed E-state index contributed by atoms with van der Waals surface area (Å²) in [6, 6.07) is 0. The summed E-state index contributed by atoms with van der Waals surface area (Å²) < 4.78 is 0. The van der Waals surface area contributed by atoms with Gasteiger partial charge in [0.1, 0.15) is 12.2 Å². The van der Waals surface area contributed by atoms with Gasteiger partial charge in [-0.2, -0.15) is 0 Å². The largest absolute Gasteiger partial charge is 0.225 e. The zero-order valence-corrected chi connectivity index (χ0v) is 6.04. The van der Waals surface area contributed by atoms with Crippen molar-refractivity contribution in [2.45, 2.75) is 6.42 Å². The van der Waals surface area contributed by atoms with Gasteiger partial charge in [-0.3, -0.25) is 0 Å². The van der Waals surface area contributed by atoms with Gasteiger partial charge in [-0.25, -0.2) is 15.0 Å². The first-order valence-corrected chi connectivity index (χ1v) is 3.15. The second-order valence-corrected chi connectivity index (χ2v) is 2.00. The average molecular weight is 156 g/mol.